The van der Waals surface area contributed by atoms with Gasteiger partial charge in [-0.05, 0) is 18.9 Å². The number of fused-ring (bicyclic) bond motifs is 1. The smallest absolute Gasteiger partial charge is 0.277 e. The zero-order chi connectivity index (χ0) is 13.2. The number of nitrogens with zero attached hydrogens (tertiary/aromatic N) is 1. The normalized spacial score (nSPS) is 17.9. The first-order chi connectivity index (χ1) is 9.24. The van der Waals surface area contributed by atoms with Gasteiger partial charge in [0.2, 0.25) is 6.79 Å². The molecule has 1 fully saturated rings. The minimum absolute atomic E-state index is 0.0924. The highest BCUT2D eigenvalue weighted by molar-refractivity contribution is 5.55. The molecule has 0 saturated heterocycles. The second kappa shape index (κ2) is 5.05. The summed E-state index contributed by atoms with van der Waals surface area (Å²) in [6.45, 7) is 0.629. The van der Waals surface area contributed by atoms with Crippen LogP contribution in [0.15, 0.2) is 12.1 Å². The van der Waals surface area contributed by atoms with Crippen molar-refractivity contribution in [1.29, 1.82) is 0 Å². The fourth-order valence-corrected chi connectivity index (χ4v) is 2.67. The third kappa shape index (κ3) is 2.49. The van der Waals surface area contributed by atoms with Crippen LogP contribution in [0.25, 0.3) is 0 Å². The maximum atomic E-state index is 11.1. The molecular weight excluding hydrogens is 248 g/mol. The van der Waals surface area contributed by atoms with E-state index in [9.17, 15) is 10.1 Å². The number of ether oxygens (including phenoxy) is 2. The Bertz CT molecular complexity index is 498. The molecule has 1 heterocycles. The van der Waals surface area contributed by atoms with Crippen LogP contribution >= 0.6 is 0 Å². The number of hydrogen-bond donors (Lipinski definition) is 1. The Labute approximate surface area is 110 Å². The van der Waals surface area contributed by atoms with Gasteiger partial charge in [0.05, 0.1) is 11.0 Å². The van der Waals surface area contributed by atoms with Crippen LogP contribution in [0.1, 0.15) is 31.2 Å². The van der Waals surface area contributed by atoms with Crippen LogP contribution in [0.3, 0.4) is 0 Å². The molecule has 0 bridgehead atoms. The lowest BCUT2D eigenvalue weighted by atomic mass is 10.1. The number of hydrogen-bond acceptors (Lipinski definition) is 5. The summed E-state index contributed by atoms with van der Waals surface area (Å²) in [5, 5.41) is 14.5. The van der Waals surface area contributed by atoms with Crippen LogP contribution < -0.4 is 14.8 Å². The Morgan fingerprint density at radius 1 is 1.26 bits per heavy atom. The second-order valence-corrected chi connectivity index (χ2v) is 4.95. The minimum atomic E-state index is -0.367. The van der Waals surface area contributed by atoms with Crippen molar-refractivity contribution < 1.29 is 14.4 Å². The fourth-order valence-electron chi connectivity index (χ4n) is 2.67. The van der Waals surface area contributed by atoms with E-state index in [2.05, 4.69) is 5.32 Å². The molecule has 0 unspecified atom stereocenters. The lowest BCUT2D eigenvalue weighted by molar-refractivity contribution is -0.385. The van der Waals surface area contributed by atoms with E-state index < -0.39 is 0 Å². The van der Waals surface area contributed by atoms with Gasteiger partial charge in [-0.3, -0.25) is 10.1 Å². The van der Waals surface area contributed by atoms with E-state index in [0.717, 1.165) is 12.8 Å². The first kappa shape index (κ1) is 12.2. The van der Waals surface area contributed by atoms with E-state index in [1.807, 2.05) is 0 Å². The van der Waals surface area contributed by atoms with Crippen molar-refractivity contribution in [2.75, 3.05) is 6.79 Å². The number of nitrogens with one attached hydrogen (secondary N) is 1. The molecule has 1 saturated carbocycles. The Morgan fingerprint density at radius 2 is 1.95 bits per heavy atom. The standard InChI is InChI=1S/C13H16N2O4/c16-15(17)11-6-13-12(18-8-19-13)5-9(11)7-14-10-3-1-2-4-10/h5-6,10,14H,1-4,7-8H2. The summed E-state index contributed by atoms with van der Waals surface area (Å²) in [5.74, 6) is 1.05. The van der Waals surface area contributed by atoms with Crippen molar-refractivity contribution in [2.24, 2.45) is 0 Å². The molecule has 102 valence electrons. The molecule has 0 amide bonds. The monoisotopic (exact) mass is 264 g/mol. The highest BCUT2D eigenvalue weighted by Crippen LogP contribution is 2.38. The molecule has 2 aliphatic rings. The van der Waals surface area contributed by atoms with Crippen LogP contribution in [-0.2, 0) is 6.54 Å². The molecule has 1 aliphatic heterocycles. The lowest BCUT2D eigenvalue weighted by Crippen LogP contribution is -2.25. The molecule has 6 nitrogen and oxygen atoms in total. The average Bonchev–Trinajstić information content (AvgIpc) is 3.05. The maximum absolute atomic E-state index is 11.1. The summed E-state index contributed by atoms with van der Waals surface area (Å²) in [4.78, 5) is 10.7. The highest BCUT2D eigenvalue weighted by atomic mass is 16.7. The first-order valence-corrected chi connectivity index (χ1v) is 6.54. The number of benzene rings is 1. The largest absolute Gasteiger partial charge is 0.454 e. The first-order valence-electron chi connectivity index (χ1n) is 6.54. The van der Waals surface area contributed by atoms with Gasteiger partial charge in [0.1, 0.15) is 0 Å². The Balaban J connectivity index is 1.80. The summed E-state index contributed by atoms with van der Waals surface area (Å²) in [6, 6.07) is 3.64. The van der Waals surface area contributed by atoms with Crippen LogP contribution in [-0.4, -0.2) is 17.8 Å². The predicted molar refractivity (Wildman–Crippen MR) is 68.3 cm³/mol. The van der Waals surface area contributed by atoms with Gasteiger partial charge in [-0.15, -0.1) is 0 Å². The molecule has 0 atom stereocenters. The number of nitro benzene ring substituents is 1. The predicted octanol–water partition coefficient (Wildman–Crippen LogP) is 2.36. The van der Waals surface area contributed by atoms with Gasteiger partial charge in [0.15, 0.2) is 11.5 Å². The van der Waals surface area contributed by atoms with Crippen LogP contribution in [0.2, 0.25) is 0 Å². The van der Waals surface area contributed by atoms with Gasteiger partial charge in [0.25, 0.3) is 5.69 Å². The van der Waals surface area contributed by atoms with Crippen LogP contribution in [0.4, 0.5) is 5.69 Å². The molecular formula is C13H16N2O4. The van der Waals surface area contributed by atoms with Crippen molar-refractivity contribution in [1.82, 2.24) is 5.32 Å². The van der Waals surface area contributed by atoms with Gasteiger partial charge < -0.3 is 14.8 Å². The van der Waals surface area contributed by atoms with E-state index in [4.69, 9.17) is 9.47 Å². The topological polar surface area (TPSA) is 73.6 Å². The minimum Gasteiger partial charge on any atom is -0.454 e. The van der Waals surface area contributed by atoms with Crippen molar-refractivity contribution in [3.63, 3.8) is 0 Å². The third-order valence-corrected chi connectivity index (χ3v) is 3.71. The number of nitro groups is 1. The van der Waals surface area contributed by atoms with Crippen LogP contribution in [0, 0.1) is 10.1 Å². The maximum Gasteiger partial charge on any atom is 0.277 e. The molecule has 1 aromatic carbocycles. The van der Waals surface area contributed by atoms with Crippen molar-refractivity contribution in [3.8, 4) is 11.5 Å². The molecule has 1 N–H and O–H groups in total. The molecule has 0 spiro atoms. The van der Waals surface area contributed by atoms with E-state index in [1.165, 1.54) is 18.9 Å². The summed E-state index contributed by atoms with van der Waals surface area (Å²) in [7, 11) is 0. The van der Waals surface area contributed by atoms with E-state index >= 15 is 0 Å². The zero-order valence-corrected chi connectivity index (χ0v) is 10.6. The summed E-state index contributed by atoms with van der Waals surface area (Å²) in [6.07, 6.45) is 4.78. The molecule has 1 aliphatic carbocycles. The summed E-state index contributed by atoms with van der Waals surface area (Å²) >= 11 is 0. The molecule has 19 heavy (non-hydrogen) atoms. The van der Waals surface area contributed by atoms with E-state index in [1.54, 1.807) is 6.07 Å². The van der Waals surface area contributed by atoms with E-state index in [0.29, 0.717) is 29.6 Å². The van der Waals surface area contributed by atoms with Crippen molar-refractivity contribution in [3.05, 3.63) is 27.8 Å². The average molecular weight is 264 g/mol. The molecule has 6 heteroatoms. The van der Waals surface area contributed by atoms with Gasteiger partial charge in [-0.1, -0.05) is 12.8 Å². The Morgan fingerprint density at radius 3 is 2.63 bits per heavy atom. The second-order valence-electron chi connectivity index (χ2n) is 4.95. The van der Waals surface area contributed by atoms with Crippen molar-refractivity contribution >= 4 is 5.69 Å². The van der Waals surface area contributed by atoms with Gasteiger partial charge in [0, 0.05) is 18.2 Å². The zero-order valence-electron chi connectivity index (χ0n) is 10.6. The summed E-state index contributed by atoms with van der Waals surface area (Å²) < 4.78 is 10.4. The van der Waals surface area contributed by atoms with E-state index in [-0.39, 0.29) is 17.4 Å². The Hall–Kier alpha value is -1.82. The molecule has 0 radical (unpaired) electrons. The third-order valence-electron chi connectivity index (χ3n) is 3.71. The SMILES string of the molecule is O=[N+]([O-])c1cc2c(cc1CNC1CCCC1)OCO2. The fraction of sp³-hybridized carbons (Fsp3) is 0.538. The van der Waals surface area contributed by atoms with Gasteiger partial charge in [-0.2, -0.15) is 0 Å². The Kier molecular flexibility index (Phi) is 3.25. The molecule has 0 aromatic heterocycles. The molecule has 1 aromatic rings. The quantitative estimate of drug-likeness (QED) is 0.667. The van der Waals surface area contributed by atoms with Gasteiger partial charge in [-0.25, -0.2) is 0 Å². The lowest BCUT2D eigenvalue weighted by Gasteiger charge is -2.12. The summed E-state index contributed by atoms with van der Waals surface area (Å²) in [5.41, 5.74) is 0.746. The molecule has 3 rings (SSSR count). The van der Waals surface area contributed by atoms with Gasteiger partial charge >= 0.3 is 0 Å². The number of rotatable bonds is 4. The highest BCUT2D eigenvalue weighted by Gasteiger charge is 2.24. The van der Waals surface area contributed by atoms with Crippen LogP contribution in [0.5, 0.6) is 11.5 Å². The van der Waals surface area contributed by atoms with Crippen molar-refractivity contribution in [2.45, 2.75) is 38.3 Å².